The third-order valence-electron chi connectivity index (χ3n) is 2.97. The van der Waals surface area contributed by atoms with Crippen LogP contribution < -0.4 is 0 Å². The molecule has 1 fully saturated rings. The van der Waals surface area contributed by atoms with Gasteiger partial charge in [0.05, 0.1) is 11.8 Å². The molecule has 0 aromatic heterocycles. The molecule has 0 aromatic carbocycles. The number of hydrogen-bond acceptors (Lipinski definition) is 3. The van der Waals surface area contributed by atoms with Crippen LogP contribution >= 0.6 is 0 Å². The molecule has 1 aliphatic rings. The molecule has 1 atom stereocenters. The summed E-state index contributed by atoms with van der Waals surface area (Å²) >= 11 is 0. The molecule has 1 aliphatic heterocycles. The van der Waals surface area contributed by atoms with Crippen LogP contribution in [0.4, 0.5) is 0 Å². The first-order chi connectivity index (χ1) is 5.96. The molecule has 1 rings (SSSR count). The predicted octanol–water partition coefficient (Wildman–Crippen LogP) is 1.88. The minimum atomic E-state index is -0.198. The lowest BCUT2D eigenvalue weighted by Gasteiger charge is -2.55. The zero-order valence-electron chi connectivity index (χ0n) is 8.62. The van der Waals surface area contributed by atoms with Crippen LogP contribution in [0.2, 0.25) is 0 Å². The molecule has 0 amide bonds. The van der Waals surface area contributed by atoms with Crippen molar-refractivity contribution < 1.29 is 5.21 Å². The lowest BCUT2D eigenvalue weighted by molar-refractivity contribution is -0.0139. The van der Waals surface area contributed by atoms with Gasteiger partial charge in [-0.2, -0.15) is 0 Å². The van der Waals surface area contributed by atoms with E-state index in [0.29, 0.717) is 0 Å². The molecule has 1 heterocycles. The molecule has 0 bridgehead atoms. The van der Waals surface area contributed by atoms with Crippen molar-refractivity contribution in [3.05, 3.63) is 12.7 Å². The number of likely N-dealkylation sites (tertiary alicyclic amines) is 1. The molecule has 1 saturated heterocycles. The molecule has 3 nitrogen and oxygen atoms in total. The minimum Gasteiger partial charge on any atom is -0.411 e. The van der Waals surface area contributed by atoms with E-state index in [0.717, 1.165) is 13.0 Å². The van der Waals surface area contributed by atoms with Gasteiger partial charge in [-0.1, -0.05) is 6.08 Å². The Bertz CT molecular complexity index is 235. The van der Waals surface area contributed by atoms with Crippen molar-refractivity contribution in [3.63, 3.8) is 0 Å². The highest BCUT2D eigenvalue weighted by Crippen LogP contribution is 2.36. The van der Waals surface area contributed by atoms with Gasteiger partial charge in [-0.15, -0.1) is 11.7 Å². The van der Waals surface area contributed by atoms with Gasteiger partial charge >= 0.3 is 0 Å². The van der Waals surface area contributed by atoms with Crippen molar-refractivity contribution in [2.75, 3.05) is 6.54 Å². The van der Waals surface area contributed by atoms with Crippen LogP contribution in [0.25, 0.3) is 0 Å². The van der Waals surface area contributed by atoms with Crippen LogP contribution in [-0.4, -0.2) is 33.9 Å². The fourth-order valence-corrected chi connectivity index (χ4v) is 1.95. The highest BCUT2D eigenvalue weighted by molar-refractivity contribution is 5.68. The summed E-state index contributed by atoms with van der Waals surface area (Å²) in [6.45, 7) is 11.1. The van der Waals surface area contributed by atoms with Crippen molar-refractivity contribution in [1.29, 1.82) is 0 Å². The summed E-state index contributed by atoms with van der Waals surface area (Å²) in [5, 5.41) is 11.6. The van der Waals surface area contributed by atoms with Crippen LogP contribution in [0.1, 0.15) is 27.2 Å². The Hall–Kier alpha value is -0.830. The van der Waals surface area contributed by atoms with Crippen LogP contribution in [0.15, 0.2) is 17.8 Å². The molecular formula is C10H18N2O. The lowest BCUT2D eigenvalue weighted by Crippen LogP contribution is -2.65. The van der Waals surface area contributed by atoms with Crippen LogP contribution in [0.3, 0.4) is 0 Å². The summed E-state index contributed by atoms with van der Waals surface area (Å²) < 4.78 is 0. The minimum absolute atomic E-state index is 0.0602. The highest BCUT2D eigenvalue weighted by Gasteiger charge is 2.45. The Labute approximate surface area is 79.7 Å². The molecule has 0 aromatic rings. The van der Waals surface area contributed by atoms with Gasteiger partial charge in [0.1, 0.15) is 0 Å². The van der Waals surface area contributed by atoms with E-state index in [-0.39, 0.29) is 11.1 Å². The van der Waals surface area contributed by atoms with Crippen LogP contribution in [0, 0.1) is 0 Å². The second-order valence-electron chi connectivity index (χ2n) is 4.36. The molecule has 0 spiro atoms. The zero-order valence-corrected chi connectivity index (χ0v) is 8.62. The van der Waals surface area contributed by atoms with Crippen LogP contribution in [0.5, 0.6) is 0 Å². The Kier molecular flexibility index (Phi) is 2.48. The molecule has 0 radical (unpaired) electrons. The largest absolute Gasteiger partial charge is 0.411 e. The van der Waals surface area contributed by atoms with Gasteiger partial charge < -0.3 is 5.21 Å². The second-order valence-corrected chi connectivity index (χ2v) is 4.36. The lowest BCUT2D eigenvalue weighted by atomic mass is 9.81. The summed E-state index contributed by atoms with van der Waals surface area (Å²) in [4.78, 5) is 2.27. The van der Waals surface area contributed by atoms with Gasteiger partial charge in [0, 0.05) is 12.1 Å². The SMILES string of the molecule is C=CC1(C)CCN1C(C)(C)C=NO. The Morgan fingerprint density at radius 1 is 1.62 bits per heavy atom. The van der Waals surface area contributed by atoms with Crippen molar-refractivity contribution >= 4 is 6.21 Å². The first-order valence-electron chi connectivity index (χ1n) is 4.56. The Balaban J connectivity index is 2.78. The van der Waals surface area contributed by atoms with E-state index in [2.05, 4.69) is 23.6 Å². The van der Waals surface area contributed by atoms with Gasteiger partial charge in [0.2, 0.25) is 0 Å². The van der Waals surface area contributed by atoms with Crippen molar-refractivity contribution in [2.24, 2.45) is 5.16 Å². The average molecular weight is 182 g/mol. The molecule has 3 heteroatoms. The third kappa shape index (κ3) is 1.61. The summed E-state index contributed by atoms with van der Waals surface area (Å²) in [6.07, 6.45) is 4.65. The number of hydrogen-bond donors (Lipinski definition) is 1. The quantitative estimate of drug-likeness (QED) is 0.313. The Morgan fingerprint density at radius 2 is 2.23 bits per heavy atom. The topological polar surface area (TPSA) is 35.8 Å². The maximum atomic E-state index is 8.53. The second kappa shape index (κ2) is 3.14. The van der Waals surface area contributed by atoms with Gasteiger partial charge in [0.15, 0.2) is 0 Å². The molecular weight excluding hydrogens is 164 g/mol. The van der Waals surface area contributed by atoms with E-state index in [1.807, 2.05) is 19.9 Å². The number of oxime groups is 1. The molecule has 0 saturated carbocycles. The third-order valence-corrected chi connectivity index (χ3v) is 2.97. The first-order valence-corrected chi connectivity index (χ1v) is 4.56. The van der Waals surface area contributed by atoms with E-state index in [4.69, 9.17) is 5.21 Å². The number of nitrogens with zero attached hydrogens (tertiary/aromatic N) is 2. The molecule has 1 N–H and O–H groups in total. The predicted molar refractivity (Wildman–Crippen MR) is 54.3 cm³/mol. The zero-order chi connectivity index (χ0) is 10.1. The van der Waals surface area contributed by atoms with Crippen molar-refractivity contribution in [1.82, 2.24) is 4.90 Å². The fourth-order valence-electron chi connectivity index (χ4n) is 1.95. The van der Waals surface area contributed by atoms with E-state index in [1.54, 1.807) is 6.21 Å². The summed E-state index contributed by atoms with van der Waals surface area (Å²) in [5.41, 5.74) is -0.138. The smallest absolute Gasteiger partial charge is 0.0633 e. The molecule has 0 aliphatic carbocycles. The van der Waals surface area contributed by atoms with Crippen LogP contribution in [-0.2, 0) is 0 Å². The standard InChI is InChI=1S/C10H18N2O/c1-5-10(4)6-7-12(10)9(2,3)8-11-13/h5,8,13H,1,6-7H2,2-4H3. The van der Waals surface area contributed by atoms with E-state index in [9.17, 15) is 0 Å². The Morgan fingerprint density at radius 3 is 2.54 bits per heavy atom. The maximum Gasteiger partial charge on any atom is 0.0633 e. The van der Waals surface area contributed by atoms with E-state index >= 15 is 0 Å². The van der Waals surface area contributed by atoms with E-state index in [1.165, 1.54) is 0 Å². The normalized spacial score (nSPS) is 30.4. The fraction of sp³-hybridized carbons (Fsp3) is 0.700. The van der Waals surface area contributed by atoms with Gasteiger partial charge in [-0.3, -0.25) is 4.90 Å². The maximum absolute atomic E-state index is 8.53. The highest BCUT2D eigenvalue weighted by atomic mass is 16.4. The molecule has 74 valence electrons. The van der Waals surface area contributed by atoms with Gasteiger partial charge in [-0.05, 0) is 27.2 Å². The van der Waals surface area contributed by atoms with Gasteiger partial charge in [0.25, 0.3) is 0 Å². The first kappa shape index (κ1) is 10.3. The van der Waals surface area contributed by atoms with E-state index < -0.39 is 0 Å². The van der Waals surface area contributed by atoms with Crippen molar-refractivity contribution in [3.8, 4) is 0 Å². The molecule has 13 heavy (non-hydrogen) atoms. The summed E-state index contributed by atoms with van der Waals surface area (Å²) in [5.74, 6) is 0. The van der Waals surface area contributed by atoms with Gasteiger partial charge in [-0.25, -0.2) is 0 Å². The monoisotopic (exact) mass is 182 g/mol. The summed E-state index contributed by atoms with van der Waals surface area (Å²) in [7, 11) is 0. The van der Waals surface area contributed by atoms with Crippen molar-refractivity contribution in [2.45, 2.75) is 38.3 Å². The average Bonchev–Trinajstić information content (AvgIpc) is 2.00. The number of rotatable bonds is 3. The summed E-state index contributed by atoms with van der Waals surface area (Å²) in [6, 6.07) is 0. The molecule has 1 unspecified atom stereocenters.